The number of benzene rings is 3. The van der Waals surface area contributed by atoms with Crippen LogP contribution < -0.4 is 5.32 Å². The molecule has 0 fully saturated rings. The summed E-state index contributed by atoms with van der Waals surface area (Å²) in [4.78, 5) is 12.6. The van der Waals surface area contributed by atoms with E-state index in [-0.39, 0.29) is 16.6 Å². The van der Waals surface area contributed by atoms with E-state index in [1.807, 2.05) is 54.6 Å². The quantitative estimate of drug-likeness (QED) is 0.377. The molecule has 0 aliphatic heterocycles. The molecule has 0 spiro atoms. The molecule has 1 unspecified atom stereocenters. The molecule has 0 saturated heterocycles. The fourth-order valence-electron chi connectivity index (χ4n) is 3.02. The van der Waals surface area contributed by atoms with E-state index < -0.39 is 11.1 Å². The Morgan fingerprint density at radius 2 is 1.70 bits per heavy atom. The first-order valence-electron chi connectivity index (χ1n) is 9.26. The fourth-order valence-corrected chi connectivity index (χ4v) is 4.07. The van der Waals surface area contributed by atoms with Crippen LogP contribution in [0.25, 0.3) is 22.0 Å². The Labute approximate surface area is 182 Å². The van der Waals surface area contributed by atoms with Crippen LogP contribution in [0.15, 0.2) is 77.8 Å². The summed E-state index contributed by atoms with van der Waals surface area (Å²) < 4.78 is 14.0. The van der Waals surface area contributed by atoms with Gasteiger partial charge in [-0.15, -0.1) is 10.2 Å². The van der Waals surface area contributed by atoms with Crippen molar-refractivity contribution in [3.05, 3.63) is 83.6 Å². The first kappa shape index (κ1) is 20.3. The molecule has 4 rings (SSSR count). The summed E-state index contributed by atoms with van der Waals surface area (Å²) >= 11 is 7.04. The lowest BCUT2D eigenvalue weighted by molar-refractivity contribution is -0.115. The molecule has 1 N–H and O–H groups in total. The van der Waals surface area contributed by atoms with Crippen LogP contribution in [0.3, 0.4) is 0 Å². The number of hydrogen-bond donors (Lipinski definition) is 1. The molecule has 3 aromatic carbocycles. The number of anilines is 1. The van der Waals surface area contributed by atoms with Crippen molar-refractivity contribution >= 4 is 45.7 Å². The molecule has 0 aliphatic carbocycles. The largest absolute Gasteiger partial charge is 0.323 e. The fraction of sp³-hybridized carbons (Fsp3) is 0.0870. The summed E-state index contributed by atoms with van der Waals surface area (Å²) in [7, 11) is 0. The number of carbonyl (C=O) groups is 1. The number of halogens is 2. The monoisotopic (exact) mass is 437 g/mol. The van der Waals surface area contributed by atoms with Gasteiger partial charge >= 0.3 is 0 Å². The van der Waals surface area contributed by atoms with Crippen LogP contribution in [0.1, 0.15) is 6.92 Å². The number of nitrogens with zero attached hydrogens (tertiary/aromatic N) is 2. The average molecular weight is 438 g/mol. The maximum atomic E-state index is 14.0. The van der Waals surface area contributed by atoms with Crippen LogP contribution in [-0.2, 0) is 4.79 Å². The van der Waals surface area contributed by atoms with Crippen LogP contribution in [-0.4, -0.2) is 21.4 Å². The third kappa shape index (κ3) is 4.30. The lowest BCUT2D eigenvalue weighted by Gasteiger charge is -2.14. The van der Waals surface area contributed by atoms with Gasteiger partial charge in [-0.25, -0.2) is 4.39 Å². The Bertz CT molecular complexity index is 1220. The Kier molecular flexibility index (Phi) is 5.97. The number of hydrogen-bond acceptors (Lipinski definition) is 4. The summed E-state index contributed by atoms with van der Waals surface area (Å²) in [5.41, 5.74) is 1.85. The number of fused-ring (bicyclic) bond motifs is 1. The smallest absolute Gasteiger partial charge is 0.237 e. The van der Waals surface area contributed by atoms with Gasteiger partial charge in [-0.05, 0) is 25.1 Å². The van der Waals surface area contributed by atoms with E-state index in [9.17, 15) is 9.18 Å². The molecule has 1 atom stereocenters. The Hall–Kier alpha value is -2.96. The summed E-state index contributed by atoms with van der Waals surface area (Å²) in [6, 6.07) is 21.8. The van der Waals surface area contributed by atoms with Crippen molar-refractivity contribution in [3.8, 4) is 11.3 Å². The van der Waals surface area contributed by atoms with Gasteiger partial charge in [0.2, 0.25) is 5.91 Å². The summed E-state index contributed by atoms with van der Waals surface area (Å²) in [6.45, 7) is 1.75. The Balaban J connectivity index is 1.60. The van der Waals surface area contributed by atoms with E-state index in [4.69, 9.17) is 11.6 Å². The first-order chi connectivity index (χ1) is 14.5. The lowest BCUT2D eigenvalue weighted by Crippen LogP contribution is -2.23. The van der Waals surface area contributed by atoms with E-state index in [2.05, 4.69) is 15.5 Å². The zero-order valence-corrected chi connectivity index (χ0v) is 17.5. The highest BCUT2D eigenvalue weighted by molar-refractivity contribution is 8.00. The molecule has 0 bridgehead atoms. The van der Waals surface area contributed by atoms with Gasteiger partial charge < -0.3 is 5.32 Å². The summed E-state index contributed by atoms with van der Waals surface area (Å²) in [6.07, 6.45) is 0. The van der Waals surface area contributed by atoms with Gasteiger partial charge in [0.25, 0.3) is 0 Å². The maximum absolute atomic E-state index is 14.0. The Morgan fingerprint density at radius 1 is 1.00 bits per heavy atom. The number of nitrogens with one attached hydrogen (secondary N) is 1. The van der Waals surface area contributed by atoms with Crippen molar-refractivity contribution in [2.24, 2.45) is 0 Å². The highest BCUT2D eigenvalue weighted by Crippen LogP contribution is 2.33. The number of aromatic nitrogens is 2. The molecule has 0 radical (unpaired) electrons. The third-order valence-electron chi connectivity index (χ3n) is 4.55. The second kappa shape index (κ2) is 8.81. The van der Waals surface area contributed by atoms with Crippen molar-refractivity contribution < 1.29 is 9.18 Å². The average Bonchev–Trinajstić information content (AvgIpc) is 2.76. The maximum Gasteiger partial charge on any atom is 0.237 e. The van der Waals surface area contributed by atoms with Crippen molar-refractivity contribution in [2.45, 2.75) is 17.2 Å². The minimum atomic E-state index is -0.578. The predicted octanol–water partition coefficient (Wildman–Crippen LogP) is 6.21. The molecule has 0 aliphatic rings. The lowest BCUT2D eigenvalue weighted by atomic mass is 10.1. The van der Waals surface area contributed by atoms with Crippen LogP contribution >= 0.6 is 23.4 Å². The van der Waals surface area contributed by atoms with E-state index in [0.29, 0.717) is 5.03 Å². The van der Waals surface area contributed by atoms with Crippen molar-refractivity contribution in [3.63, 3.8) is 0 Å². The van der Waals surface area contributed by atoms with E-state index >= 15 is 0 Å². The molecule has 0 saturated carbocycles. The standard InChI is InChI=1S/C23H17ClFN3OS/c1-14(22(29)26-20-12-11-16(24)13-19(20)25)30-23-18-10-6-5-9-17(18)21(27-28-23)15-7-3-2-4-8-15/h2-14H,1H3,(H,26,29). The second-order valence-corrected chi connectivity index (χ2v) is 8.40. The zero-order chi connectivity index (χ0) is 21.1. The van der Waals surface area contributed by atoms with Gasteiger partial charge in [0.1, 0.15) is 16.5 Å². The van der Waals surface area contributed by atoms with Crippen molar-refractivity contribution in [2.75, 3.05) is 5.32 Å². The van der Waals surface area contributed by atoms with Crippen LogP contribution in [0.4, 0.5) is 10.1 Å². The SMILES string of the molecule is CC(Sc1nnc(-c2ccccc2)c2ccccc12)C(=O)Nc1ccc(Cl)cc1F. The van der Waals surface area contributed by atoms with E-state index in [1.165, 1.54) is 23.9 Å². The van der Waals surface area contributed by atoms with Crippen molar-refractivity contribution in [1.82, 2.24) is 10.2 Å². The molecule has 7 heteroatoms. The first-order valence-corrected chi connectivity index (χ1v) is 10.5. The van der Waals surface area contributed by atoms with E-state index in [0.717, 1.165) is 28.1 Å². The number of thioether (sulfide) groups is 1. The molecule has 30 heavy (non-hydrogen) atoms. The van der Waals surface area contributed by atoms with E-state index in [1.54, 1.807) is 6.92 Å². The molecule has 150 valence electrons. The molecule has 1 amide bonds. The normalized spacial score (nSPS) is 12.0. The topological polar surface area (TPSA) is 54.9 Å². The van der Waals surface area contributed by atoms with Gasteiger partial charge in [0, 0.05) is 21.4 Å². The van der Waals surface area contributed by atoms with Gasteiger partial charge in [0.15, 0.2) is 0 Å². The third-order valence-corrected chi connectivity index (χ3v) is 5.87. The molecule has 1 heterocycles. The number of carbonyl (C=O) groups excluding carboxylic acids is 1. The highest BCUT2D eigenvalue weighted by Gasteiger charge is 2.20. The van der Waals surface area contributed by atoms with Gasteiger partial charge in [-0.3, -0.25) is 4.79 Å². The number of rotatable bonds is 5. The number of amides is 1. The minimum absolute atomic E-state index is 0.0900. The summed E-state index contributed by atoms with van der Waals surface area (Å²) in [5, 5.41) is 13.7. The molecule has 1 aromatic heterocycles. The zero-order valence-electron chi connectivity index (χ0n) is 16.0. The minimum Gasteiger partial charge on any atom is -0.323 e. The summed E-state index contributed by atoms with van der Waals surface area (Å²) in [5.74, 6) is -0.912. The van der Waals surface area contributed by atoms with Gasteiger partial charge in [-0.1, -0.05) is 78.0 Å². The highest BCUT2D eigenvalue weighted by atomic mass is 35.5. The molecular weight excluding hydrogens is 421 g/mol. The molecule has 4 nitrogen and oxygen atoms in total. The molecule has 4 aromatic rings. The van der Waals surface area contributed by atoms with Crippen LogP contribution in [0.2, 0.25) is 5.02 Å². The van der Waals surface area contributed by atoms with Crippen molar-refractivity contribution in [1.29, 1.82) is 0 Å². The molecular formula is C23H17ClFN3OS. The second-order valence-electron chi connectivity index (χ2n) is 6.64. The van der Waals surface area contributed by atoms with Gasteiger partial charge in [0.05, 0.1) is 10.9 Å². The van der Waals surface area contributed by atoms with Crippen LogP contribution in [0.5, 0.6) is 0 Å². The van der Waals surface area contributed by atoms with Crippen LogP contribution in [0, 0.1) is 5.82 Å². The predicted molar refractivity (Wildman–Crippen MR) is 120 cm³/mol. The van der Waals surface area contributed by atoms with Gasteiger partial charge in [-0.2, -0.15) is 0 Å². The Morgan fingerprint density at radius 3 is 2.43 bits per heavy atom.